The first kappa shape index (κ1) is 18.0. The average molecular weight is 380 g/mol. The zero-order valence-corrected chi connectivity index (χ0v) is 15.5. The summed E-state index contributed by atoms with van der Waals surface area (Å²) in [5.41, 5.74) is 0.674. The molecule has 2 heterocycles. The maximum Gasteiger partial charge on any atom is 0.336 e. The van der Waals surface area contributed by atoms with Crippen molar-refractivity contribution >= 4 is 21.9 Å². The second-order valence-corrected chi connectivity index (χ2v) is 6.28. The van der Waals surface area contributed by atoms with Crippen LogP contribution in [0.4, 0.5) is 0 Å². The van der Waals surface area contributed by atoms with Crippen LogP contribution in [0.2, 0.25) is 0 Å². The Morgan fingerprint density at radius 3 is 2.32 bits per heavy atom. The molecule has 0 spiro atoms. The second kappa shape index (κ2) is 8.08. The molecule has 0 aliphatic heterocycles. The minimum Gasteiger partial charge on any atom is -0.497 e. The molecule has 0 aliphatic carbocycles. The Bertz CT molecular complexity index is 1120. The molecule has 4 aromatic rings. The summed E-state index contributed by atoms with van der Waals surface area (Å²) in [6.07, 6.45) is 3.26. The molecule has 0 amide bonds. The van der Waals surface area contributed by atoms with Crippen LogP contribution in [0, 0.1) is 0 Å². The molecule has 0 fully saturated rings. The van der Waals surface area contributed by atoms with Crippen LogP contribution in [0.25, 0.3) is 21.9 Å². The van der Waals surface area contributed by atoms with Crippen LogP contribution in [0.15, 0.2) is 68.4 Å². The van der Waals surface area contributed by atoms with Crippen molar-refractivity contribution in [3.05, 3.63) is 65.2 Å². The fraction of sp³-hybridized carbons (Fsp3) is 0.227. The summed E-state index contributed by atoms with van der Waals surface area (Å²) < 4.78 is 27.6. The highest BCUT2D eigenvalue weighted by molar-refractivity contribution is 6.01. The Balaban J connectivity index is 1.36. The molecule has 0 radical (unpaired) electrons. The topological polar surface area (TPSA) is 71.0 Å². The molecule has 144 valence electrons. The highest BCUT2D eigenvalue weighted by atomic mass is 16.5. The highest BCUT2D eigenvalue weighted by Crippen LogP contribution is 2.35. The first-order chi connectivity index (χ1) is 13.7. The molecule has 2 aromatic carbocycles. The Kier molecular flexibility index (Phi) is 5.19. The minimum atomic E-state index is -0.403. The van der Waals surface area contributed by atoms with Gasteiger partial charge in [0.25, 0.3) is 0 Å². The third-order valence-corrected chi connectivity index (χ3v) is 4.42. The maximum atomic E-state index is 11.5. The van der Waals surface area contributed by atoms with E-state index in [1.807, 2.05) is 30.3 Å². The Morgan fingerprint density at radius 1 is 0.821 bits per heavy atom. The molecular formula is C22H20O6. The molecule has 4 rings (SSSR count). The lowest BCUT2D eigenvalue weighted by Gasteiger charge is -2.10. The van der Waals surface area contributed by atoms with E-state index in [0.717, 1.165) is 35.1 Å². The summed E-state index contributed by atoms with van der Waals surface area (Å²) in [4.78, 5) is 11.5. The van der Waals surface area contributed by atoms with Crippen LogP contribution in [-0.4, -0.2) is 20.3 Å². The van der Waals surface area contributed by atoms with Gasteiger partial charge in [0.15, 0.2) is 0 Å². The van der Waals surface area contributed by atoms with E-state index in [9.17, 15) is 4.79 Å². The number of methoxy groups -OCH3 is 1. The molecule has 6 nitrogen and oxygen atoms in total. The third-order valence-electron chi connectivity index (χ3n) is 4.42. The quantitative estimate of drug-likeness (QED) is 0.323. The molecule has 2 aromatic heterocycles. The van der Waals surface area contributed by atoms with Gasteiger partial charge in [-0.25, -0.2) is 4.79 Å². The molecule has 0 saturated heterocycles. The van der Waals surface area contributed by atoms with Crippen LogP contribution in [-0.2, 0) is 0 Å². The summed E-state index contributed by atoms with van der Waals surface area (Å²) in [7, 11) is 1.64. The van der Waals surface area contributed by atoms with E-state index in [1.54, 1.807) is 25.5 Å². The van der Waals surface area contributed by atoms with E-state index >= 15 is 0 Å². The summed E-state index contributed by atoms with van der Waals surface area (Å²) in [6, 6.07) is 14.2. The maximum absolute atomic E-state index is 11.5. The smallest absolute Gasteiger partial charge is 0.336 e. The first-order valence-electron chi connectivity index (χ1n) is 9.08. The average Bonchev–Trinajstić information content (AvgIpc) is 3.18. The predicted octanol–water partition coefficient (Wildman–Crippen LogP) is 4.79. The van der Waals surface area contributed by atoms with Gasteiger partial charge in [-0.3, -0.25) is 0 Å². The summed E-state index contributed by atoms with van der Waals surface area (Å²) in [6.45, 7) is 1.12. The number of ether oxygens (including phenoxy) is 3. The molecule has 0 atom stereocenters. The first-order valence-corrected chi connectivity index (χ1v) is 9.08. The molecule has 0 aliphatic rings. The standard InChI is InChI=1S/C22H20O6/c1-24-15-4-6-16(7-5-15)25-11-2-3-12-27-22-17-8-9-21(23)28-20(17)14-19-18(22)10-13-26-19/h4-10,13-14H,2-3,11-12H2,1H3. The van der Waals surface area contributed by atoms with Crippen molar-refractivity contribution in [3.63, 3.8) is 0 Å². The van der Waals surface area contributed by atoms with E-state index in [4.69, 9.17) is 23.0 Å². The van der Waals surface area contributed by atoms with Crippen molar-refractivity contribution < 1.29 is 23.0 Å². The second-order valence-electron chi connectivity index (χ2n) is 6.28. The van der Waals surface area contributed by atoms with E-state index in [2.05, 4.69) is 0 Å². The van der Waals surface area contributed by atoms with Crippen LogP contribution < -0.4 is 19.8 Å². The van der Waals surface area contributed by atoms with Gasteiger partial charge in [-0.2, -0.15) is 0 Å². The molecular weight excluding hydrogens is 360 g/mol. The summed E-state index contributed by atoms with van der Waals surface area (Å²) in [5, 5.41) is 1.61. The highest BCUT2D eigenvalue weighted by Gasteiger charge is 2.13. The molecule has 6 heteroatoms. The third kappa shape index (κ3) is 3.81. The zero-order chi connectivity index (χ0) is 19.3. The molecule has 0 bridgehead atoms. The molecule has 28 heavy (non-hydrogen) atoms. The van der Waals surface area contributed by atoms with Gasteiger partial charge < -0.3 is 23.0 Å². The number of fused-ring (bicyclic) bond motifs is 2. The number of hydrogen-bond donors (Lipinski definition) is 0. The van der Waals surface area contributed by atoms with Gasteiger partial charge in [0.1, 0.15) is 28.4 Å². The van der Waals surface area contributed by atoms with Crippen molar-refractivity contribution in [1.29, 1.82) is 0 Å². The van der Waals surface area contributed by atoms with Gasteiger partial charge in [0, 0.05) is 12.1 Å². The molecule has 0 saturated carbocycles. The van der Waals surface area contributed by atoms with Crippen LogP contribution in [0.5, 0.6) is 17.2 Å². The fourth-order valence-corrected chi connectivity index (χ4v) is 3.01. The summed E-state index contributed by atoms with van der Waals surface area (Å²) in [5.74, 6) is 2.28. The number of benzene rings is 2. The van der Waals surface area contributed by atoms with E-state index in [1.165, 1.54) is 6.07 Å². The number of unbranched alkanes of at least 4 members (excludes halogenated alkanes) is 1. The molecule has 0 N–H and O–H groups in total. The number of rotatable bonds is 8. The zero-order valence-electron chi connectivity index (χ0n) is 15.5. The van der Waals surface area contributed by atoms with Crippen LogP contribution in [0.3, 0.4) is 0 Å². The monoisotopic (exact) mass is 380 g/mol. The van der Waals surface area contributed by atoms with Gasteiger partial charge in [-0.1, -0.05) is 0 Å². The van der Waals surface area contributed by atoms with Gasteiger partial charge in [0.05, 0.1) is 37.4 Å². The molecule has 0 unspecified atom stereocenters. The lowest BCUT2D eigenvalue weighted by molar-refractivity contribution is 0.269. The number of hydrogen-bond acceptors (Lipinski definition) is 6. The van der Waals surface area contributed by atoms with Gasteiger partial charge in [0.2, 0.25) is 0 Å². The van der Waals surface area contributed by atoms with Crippen LogP contribution >= 0.6 is 0 Å². The van der Waals surface area contributed by atoms with Crippen molar-refractivity contribution in [2.45, 2.75) is 12.8 Å². The van der Waals surface area contributed by atoms with E-state index in [0.29, 0.717) is 30.1 Å². The van der Waals surface area contributed by atoms with Crippen molar-refractivity contribution in [3.8, 4) is 17.2 Å². The Hall–Kier alpha value is -3.41. The normalized spacial score (nSPS) is 11.0. The van der Waals surface area contributed by atoms with Crippen LogP contribution in [0.1, 0.15) is 12.8 Å². The Labute approximate surface area is 161 Å². The predicted molar refractivity (Wildman–Crippen MR) is 105 cm³/mol. The van der Waals surface area contributed by atoms with Gasteiger partial charge in [-0.05, 0) is 49.2 Å². The van der Waals surface area contributed by atoms with Crippen molar-refractivity contribution in [1.82, 2.24) is 0 Å². The van der Waals surface area contributed by atoms with E-state index in [-0.39, 0.29) is 0 Å². The van der Waals surface area contributed by atoms with Crippen molar-refractivity contribution in [2.24, 2.45) is 0 Å². The van der Waals surface area contributed by atoms with E-state index < -0.39 is 5.63 Å². The lowest BCUT2D eigenvalue weighted by Crippen LogP contribution is -2.03. The number of furan rings is 1. The van der Waals surface area contributed by atoms with Gasteiger partial charge in [-0.15, -0.1) is 0 Å². The SMILES string of the molecule is COc1ccc(OCCCCOc2c3ccoc3cc3oc(=O)ccc23)cc1. The fourth-order valence-electron chi connectivity index (χ4n) is 3.01. The summed E-state index contributed by atoms with van der Waals surface area (Å²) >= 11 is 0. The van der Waals surface area contributed by atoms with Crippen molar-refractivity contribution in [2.75, 3.05) is 20.3 Å². The van der Waals surface area contributed by atoms with Gasteiger partial charge >= 0.3 is 5.63 Å². The minimum absolute atomic E-state index is 0.403. The lowest BCUT2D eigenvalue weighted by atomic mass is 10.1. The Morgan fingerprint density at radius 2 is 1.54 bits per heavy atom. The largest absolute Gasteiger partial charge is 0.497 e.